The Bertz CT molecular complexity index is 457. The van der Waals surface area contributed by atoms with Gasteiger partial charge in [0.2, 0.25) is 0 Å². The van der Waals surface area contributed by atoms with E-state index in [1.807, 2.05) is 11.3 Å². The molecule has 4 heteroatoms. The third-order valence-electron chi connectivity index (χ3n) is 5.09. The van der Waals surface area contributed by atoms with Gasteiger partial charge in [-0.15, -0.1) is 11.3 Å². The van der Waals surface area contributed by atoms with E-state index in [9.17, 15) is 0 Å². The van der Waals surface area contributed by atoms with E-state index in [0.29, 0.717) is 6.04 Å². The van der Waals surface area contributed by atoms with Crippen molar-refractivity contribution in [2.45, 2.75) is 64.1 Å². The van der Waals surface area contributed by atoms with Crippen molar-refractivity contribution in [3.05, 3.63) is 15.6 Å². The van der Waals surface area contributed by atoms with E-state index < -0.39 is 0 Å². The number of fused-ring (bicyclic) bond motifs is 1. The van der Waals surface area contributed by atoms with E-state index in [0.717, 1.165) is 12.6 Å². The standard InChI is InChI=1S/C16H25N3S/c1-12-10-19(13-6-7-13)9-8-18(12)11-16-17-14-4-2-3-5-15(14)20-16/h12-13H,2-11H2,1H3. The zero-order chi connectivity index (χ0) is 13.5. The van der Waals surface area contributed by atoms with Gasteiger partial charge in [-0.25, -0.2) is 4.98 Å². The Balaban J connectivity index is 1.39. The molecule has 2 fully saturated rings. The zero-order valence-electron chi connectivity index (χ0n) is 12.5. The van der Waals surface area contributed by atoms with Gasteiger partial charge in [0, 0.05) is 36.6 Å². The van der Waals surface area contributed by atoms with Crippen molar-refractivity contribution in [3.63, 3.8) is 0 Å². The van der Waals surface area contributed by atoms with Crippen LogP contribution in [0.1, 0.15) is 48.2 Å². The van der Waals surface area contributed by atoms with Gasteiger partial charge in [0.15, 0.2) is 0 Å². The molecule has 1 saturated heterocycles. The van der Waals surface area contributed by atoms with Crippen molar-refractivity contribution < 1.29 is 0 Å². The summed E-state index contributed by atoms with van der Waals surface area (Å²) in [5.41, 5.74) is 1.42. The van der Waals surface area contributed by atoms with Gasteiger partial charge in [0.25, 0.3) is 0 Å². The van der Waals surface area contributed by atoms with Crippen LogP contribution in [-0.2, 0) is 19.4 Å². The second-order valence-corrected chi connectivity index (χ2v) is 7.90. The summed E-state index contributed by atoms with van der Waals surface area (Å²) in [5, 5.41) is 1.36. The van der Waals surface area contributed by atoms with Crippen LogP contribution in [0.4, 0.5) is 0 Å². The van der Waals surface area contributed by atoms with Crippen LogP contribution in [0.2, 0.25) is 0 Å². The normalized spacial score (nSPS) is 28.6. The lowest BCUT2D eigenvalue weighted by atomic mass is 10.0. The second-order valence-electron chi connectivity index (χ2n) is 6.73. The summed E-state index contributed by atoms with van der Waals surface area (Å²) in [6.07, 6.45) is 8.07. The fourth-order valence-electron chi connectivity index (χ4n) is 3.68. The van der Waals surface area contributed by atoms with Gasteiger partial charge in [-0.3, -0.25) is 9.80 Å². The number of hydrogen-bond donors (Lipinski definition) is 0. The molecule has 0 amide bonds. The van der Waals surface area contributed by atoms with Gasteiger partial charge in [-0.2, -0.15) is 0 Å². The molecule has 1 aromatic rings. The molecule has 1 aromatic heterocycles. The number of piperazine rings is 1. The lowest BCUT2D eigenvalue weighted by Gasteiger charge is -2.39. The van der Waals surface area contributed by atoms with Crippen molar-refractivity contribution in [1.82, 2.24) is 14.8 Å². The topological polar surface area (TPSA) is 19.4 Å². The summed E-state index contributed by atoms with van der Waals surface area (Å²) in [7, 11) is 0. The Kier molecular flexibility index (Phi) is 3.57. The van der Waals surface area contributed by atoms with Crippen molar-refractivity contribution in [1.29, 1.82) is 0 Å². The number of hydrogen-bond acceptors (Lipinski definition) is 4. The van der Waals surface area contributed by atoms with Crippen LogP contribution < -0.4 is 0 Å². The van der Waals surface area contributed by atoms with Gasteiger partial charge < -0.3 is 0 Å². The molecule has 4 rings (SSSR count). The largest absolute Gasteiger partial charge is 0.298 e. The number of nitrogens with zero attached hydrogens (tertiary/aromatic N) is 3. The van der Waals surface area contributed by atoms with E-state index in [1.165, 1.54) is 68.9 Å². The third kappa shape index (κ3) is 2.66. The highest BCUT2D eigenvalue weighted by Gasteiger charge is 2.34. The fourth-order valence-corrected chi connectivity index (χ4v) is 4.86. The van der Waals surface area contributed by atoms with E-state index in [4.69, 9.17) is 4.98 Å². The van der Waals surface area contributed by atoms with Gasteiger partial charge in [0.05, 0.1) is 12.2 Å². The van der Waals surface area contributed by atoms with Crippen LogP contribution in [0.3, 0.4) is 0 Å². The van der Waals surface area contributed by atoms with Crippen LogP contribution in [0.5, 0.6) is 0 Å². The maximum absolute atomic E-state index is 4.91. The average molecular weight is 291 g/mol. The number of aromatic nitrogens is 1. The third-order valence-corrected chi connectivity index (χ3v) is 6.23. The Morgan fingerprint density at radius 3 is 2.80 bits per heavy atom. The highest BCUT2D eigenvalue weighted by molar-refractivity contribution is 7.11. The van der Waals surface area contributed by atoms with Gasteiger partial charge in [-0.1, -0.05) is 0 Å². The predicted molar refractivity (Wildman–Crippen MR) is 83.2 cm³/mol. The first-order valence-corrected chi connectivity index (χ1v) is 9.07. The minimum absolute atomic E-state index is 0.685. The number of rotatable bonds is 3. The Morgan fingerprint density at radius 1 is 1.20 bits per heavy atom. The van der Waals surface area contributed by atoms with Crippen LogP contribution >= 0.6 is 11.3 Å². The number of thiazole rings is 1. The molecule has 2 aliphatic carbocycles. The van der Waals surface area contributed by atoms with Gasteiger partial charge in [-0.05, 0) is 45.4 Å². The summed E-state index contributed by atoms with van der Waals surface area (Å²) >= 11 is 1.98. The molecule has 1 aliphatic heterocycles. The van der Waals surface area contributed by atoms with Crippen LogP contribution in [0, 0.1) is 0 Å². The molecule has 0 N–H and O–H groups in total. The second kappa shape index (κ2) is 5.39. The average Bonchev–Trinajstić information content (AvgIpc) is 3.21. The lowest BCUT2D eigenvalue weighted by molar-refractivity contribution is 0.0729. The van der Waals surface area contributed by atoms with E-state index in [2.05, 4.69) is 16.7 Å². The van der Waals surface area contributed by atoms with Crippen molar-refractivity contribution in [2.75, 3.05) is 19.6 Å². The summed E-state index contributed by atoms with van der Waals surface area (Å²) in [6, 6.07) is 1.61. The Labute approximate surface area is 126 Å². The minimum Gasteiger partial charge on any atom is -0.298 e. The molecule has 20 heavy (non-hydrogen) atoms. The van der Waals surface area contributed by atoms with Crippen LogP contribution in [0.25, 0.3) is 0 Å². The Morgan fingerprint density at radius 2 is 2.05 bits per heavy atom. The quantitative estimate of drug-likeness (QED) is 0.853. The van der Waals surface area contributed by atoms with Crippen LogP contribution in [-0.4, -0.2) is 46.5 Å². The minimum atomic E-state index is 0.685. The van der Waals surface area contributed by atoms with Gasteiger partial charge >= 0.3 is 0 Å². The highest BCUT2D eigenvalue weighted by Crippen LogP contribution is 2.30. The van der Waals surface area contributed by atoms with Gasteiger partial charge in [0.1, 0.15) is 5.01 Å². The van der Waals surface area contributed by atoms with Crippen molar-refractivity contribution in [2.24, 2.45) is 0 Å². The molecule has 110 valence electrons. The maximum atomic E-state index is 4.91. The van der Waals surface area contributed by atoms with Crippen LogP contribution in [0.15, 0.2) is 0 Å². The number of aryl methyl sites for hydroxylation is 2. The molecule has 0 radical (unpaired) electrons. The molecule has 3 nitrogen and oxygen atoms in total. The molecular formula is C16H25N3S. The summed E-state index contributed by atoms with van der Waals surface area (Å²) < 4.78 is 0. The molecule has 1 saturated carbocycles. The molecule has 1 unspecified atom stereocenters. The summed E-state index contributed by atoms with van der Waals surface area (Å²) in [5.74, 6) is 0. The van der Waals surface area contributed by atoms with E-state index >= 15 is 0 Å². The highest BCUT2D eigenvalue weighted by atomic mass is 32.1. The Hall–Kier alpha value is -0.450. The first-order valence-electron chi connectivity index (χ1n) is 8.25. The van der Waals surface area contributed by atoms with E-state index in [-0.39, 0.29) is 0 Å². The molecule has 3 aliphatic rings. The molecule has 0 aromatic carbocycles. The smallest absolute Gasteiger partial charge is 0.107 e. The predicted octanol–water partition coefficient (Wildman–Crippen LogP) is 2.69. The molecule has 1 atom stereocenters. The SMILES string of the molecule is CC1CN(C2CC2)CCN1Cc1nc2c(s1)CCCC2. The molecule has 0 bridgehead atoms. The zero-order valence-corrected chi connectivity index (χ0v) is 13.3. The van der Waals surface area contributed by atoms with E-state index in [1.54, 1.807) is 4.88 Å². The van der Waals surface area contributed by atoms with Crippen molar-refractivity contribution in [3.8, 4) is 0 Å². The molecular weight excluding hydrogens is 266 g/mol. The summed E-state index contributed by atoms with van der Waals surface area (Å²) in [6.45, 7) is 7.22. The molecule has 0 spiro atoms. The fraction of sp³-hybridized carbons (Fsp3) is 0.812. The lowest BCUT2D eigenvalue weighted by Crippen LogP contribution is -2.51. The molecule has 2 heterocycles. The monoisotopic (exact) mass is 291 g/mol. The van der Waals surface area contributed by atoms with Crippen molar-refractivity contribution >= 4 is 11.3 Å². The summed E-state index contributed by atoms with van der Waals surface area (Å²) in [4.78, 5) is 11.8. The maximum Gasteiger partial charge on any atom is 0.107 e. The first-order chi connectivity index (χ1) is 9.79. The first kappa shape index (κ1) is 13.2.